The van der Waals surface area contributed by atoms with Crippen molar-refractivity contribution in [2.45, 2.75) is 20.3 Å². The van der Waals surface area contributed by atoms with Crippen molar-refractivity contribution in [2.75, 3.05) is 6.61 Å². The minimum absolute atomic E-state index is 0.0145. The molecule has 0 amide bonds. The van der Waals surface area contributed by atoms with Gasteiger partial charge in [-0.3, -0.25) is 10.1 Å². The molecule has 1 N–H and O–H groups in total. The van der Waals surface area contributed by atoms with E-state index in [0.717, 1.165) is 5.56 Å². The van der Waals surface area contributed by atoms with E-state index in [2.05, 4.69) is 0 Å². The molecule has 0 spiro atoms. The van der Waals surface area contributed by atoms with Crippen molar-refractivity contribution in [3.8, 4) is 5.75 Å². The molecule has 0 bridgehead atoms. The summed E-state index contributed by atoms with van der Waals surface area (Å²) in [6.45, 7) is 3.45. The smallest absolute Gasteiger partial charge is 0.331 e. The van der Waals surface area contributed by atoms with Crippen LogP contribution in [0.5, 0.6) is 5.75 Å². The van der Waals surface area contributed by atoms with Gasteiger partial charge in [0, 0.05) is 11.6 Å². The molecule has 1 aromatic carbocycles. The Kier molecular flexibility index (Phi) is 5.05. The number of carbonyl (C=O) groups is 1. The van der Waals surface area contributed by atoms with Crippen molar-refractivity contribution in [1.82, 2.24) is 0 Å². The Hall–Kier alpha value is -2.37. The Morgan fingerprint density at radius 3 is 2.74 bits per heavy atom. The summed E-state index contributed by atoms with van der Waals surface area (Å²) >= 11 is 0. The Labute approximate surface area is 110 Å². The van der Waals surface area contributed by atoms with Gasteiger partial charge in [0.15, 0.2) is 5.75 Å². The molecule has 0 heterocycles. The number of aliphatic carboxylic acids is 1. The second kappa shape index (κ2) is 6.53. The first kappa shape index (κ1) is 14.7. The Morgan fingerprint density at radius 1 is 1.53 bits per heavy atom. The zero-order valence-corrected chi connectivity index (χ0v) is 10.8. The number of aryl methyl sites for hydroxylation is 1. The van der Waals surface area contributed by atoms with Gasteiger partial charge >= 0.3 is 11.7 Å². The molecule has 0 aliphatic heterocycles. The lowest BCUT2D eigenvalue weighted by Gasteiger charge is -2.05. The summed E-state index contributed by atoms with van der Waals surface area (Å²) in [7, 11) is 0. The van der Waals surface area contributed by atoms with E-state index in [1.165, 1.54) is 18.2 Å². The summed E-state index contributed by atoms with van der Waals surface area (Å²) in [4.78, 5) is 21.1. The number of nitrogens with zero attached hydrogens (tertiary/aromatic N) is 1. The van der Waals surface area contributed by atoms with E-state index >= 15 is 0 Å². The van der Waals surface area contributed by atoms with Gasteiger partial charge in [0.1, 0.15) is 6.61 Å². The molecule has 6 nitrogen and oxygen atoms in total. The van der Waals surface area contributed by atoms with Crippen molar-refractivity contribution in [1.29, 1.82) is 0 Å². The molecule has 0 fully saturated rings. The molecule has 0 aromatic heterocycles. The van der Waals surface area contributed by atoms with Crippen molar-refractivity contribution in [2.24, 2.45) is 0 Å². The van der Waals surface area contributed by atoms with E-state index < -0.39 is 10.9 Å². The maximum Gasteiger partial charge on any atom is 0.331 e. The van der Waals surface area contributed by atoms with Gasteiger partial charge in [0.05, 0.1) is 4.92 Å². The highest BCUT2D eigenvalue weighted by atomic mass is 16.6. The van der Waals surface area contributed by atoms with E-state index in [1.54, 1.807) is 19.9 Å². The molecular weight excluding hydrogens is 250 g/mol. The second-order valence-electron chi connectivity index (χ2n) is 3.93. The van der Waals surface area contributed by atoms with Crippen LogP contribution in [0.25, 0.3) is 0 Å². The number of carboxylic acids is 1. The van der Waals surface area contributed by atoms with Gasteiger partial charge in [-0.05, 0) is 31.1 Å². The maximum atomic E-state index is 10.9. The fraction of sp³-hybridized carbons (Fsp3) is 0.308. The summed E-state index contributed by atoms with van der Waals surface area (Å²) in [5.41, 5.74) is 0.853. The van der Waals surface area contributed by atoms with Crippen LogP contribution in [-0.2, 0) is 4.79 Å². The van der Waals surface area contributed by atoms with Crippen LogP contribution in [0.4, 0.5) is 5.69 Å². The molecule has 1 aromatic rings. The minimum atomic E-state index is -1.01. The summed E-state index contributed by atoms with van der Waals surface area (Å²) in [5, 5.41) is 19.7. The van der Waals surface area contributed by atoms with Gasteiger partial charge in [0.25, 0.3) is 0 Å². The van der Waals surface area contributed by atoms with Crippen LogP contribution in [-0.4, -0.2) is 22.6 Å². The van der Waals surface area contributed by atoms with Crippen LogP contribution in [0.3, 0.4) is 0 Å². The van der Waals surface area contributed by atoms with Gasteiger partial charge in [-0.25, -0.2) is 4.79 Å². The zero-order valence-electron chi connectivity index (χ0n) is 10.8. The average molecular weight is 265 g/mol. The highest BCUT2D eigenvalue weighted by Gasteiger charge is 2.14. The number of carboxylic acid groups (broad SMARTS) is 1. The molecule has 0 aliphatic carbocycles. The largest absolute Gasteiger partial charge is 0.483 e. The first-order valence-corrected chi connectivity index (χ1v) is 5.75. The summed E-state index contributed by atoms with van der Waals surface area (Å²) in [6.07, 6.45) is 1.78. The van der Waals surface area contributed by atoms with Crippen LogP contribution in [0.15, 0.2) is 29.8 Å². The third-order valence-corrected chi connectivity index (χ3v) is 2.54. The van der Waals surface area contributed by atoms with Gasteiger partial charge in [0.2, 0.25) is 0 Å². The topological polar surface area (TPSA) is 89.7 Å². The molecule has 0 radical (unpaired) electrons. The van der Waals surface area contributed by atoms with Crippen LogP contribution in [0.2, 0.25) is 0 Å². The summed E-state index contributed by atoms with van der Waals surface area (Å²) < 4.78 is 5.25. The van der Waals surface area contributed by atoms with E-state index in [-0.39, 0.29) is 23.6 Å². The quantitative estimate of drug-likeness (QED) is 0.485. The second-order valence-corrected chi connectivity index (χ2v) is 3.93. The molecule has 6 heteroatoms. The number of hydrogen-bond donors (Lipinski definition) is 1. The molecule has 0 saturated carbocycles. The van der Waals surface area contributed by atoms with Crippen LogP contribution in [0.1, 0.15) is 18.9 Å². The number of nitro benzene ring substituents is 1. The van der Waals surface area contributed by atoms with Crippen LogP contribution >= 0.6 is 0 Å². The Bertz CT molecular complexity index is 522. The molecule has 19 heavy (non-hydrogen) atoms. The number of hydrogen-bond acceptors (Lipinski definition) is 4. The fourth-order valence-corrected chi connectivity index (χ4v) is 1.51. The van der Waals surface area contributed by atoms with Crippen molar-refractivity contribution in [3.05, 3.63) is 45.5 Å². The normalized spacial score (nSPS) is 11.2. The number of rotatable bonds is 6. The predicted molar refractivity (Wildman–Crippen MR) is 69.3 cm³/mol. The van der Waals surface area contributed by atoms with Crippen molar-refractivity contribution in [3.63, 3.8) is 0 Å². The van der Waals surface area contributed by atoms with Crippen molar-refractivity contribution < 1.29 is 19.6 Å². The lowest BCUT2D eigenvalue weighted by molar-refractivity contribution is -0.385. The van der Waals surface area contributed by atoms with Crippen LogP contribution in [0, 0.1) is 17.0 Å². The molecule has 102 valence electrons. The van der Waals surface area contributed by atoms with Crippen LogP contribution < -0.4 is 4.74 Å². The van der Waals surface area contributed by atoms with E-state index in [0.29, 0.717) is 6.42 Å². The predicted octanol–water partition coefficient (Wildman–Crippen LogP) is 2.70. The first-order valence-electron chi connectivity index (χ1n) is 5.75. The van der Waals surface area contributed by atoms with Gasteiger partial charge in [-0.1, -0.05) is 13.0 Å². The average Bonchev–Trinajstić information content (AvgIpc) is 2.35. The molecule has 0 unspecified atom stereocenters. The summed E-state index contributed by atoms with van der Waals surface area (Å²) in [5.74, 6) is -0.878. The number of nitro groups is 1. The van der Waals surface area contributed by atoms with E-state index in [4.69, 9.17) is 9.84 Å². The first-order chi connectivity index (χ1) is 8.95. The minimum Gasteiger partial charge on any atom is -0.483 e. The highest BCUT2D eigenvalue weighted by molar-refractivity contribution is 5.86. The third kappa shape index (κ3) is 4.09. The van der Waals surface area contributed by atoms with Gasteiger partial charge < -0.3 is 9.84 Å². The van der Waals surface area contributed by atoms with E-state index in [1.807, 2.05) is 0 Å². The molecule has 0 saturated heterocycles. The zero-order chi connectivity index (χ0) is 14.4. The van der Waals surface area contributed by atoms with Crippen molar-refractivity contribution >= 4 is 11.7 Å². The molecule has 1 rings (SSSR count). The number of ether oxygens (including phenoxy) is 1. The Morgan fingerprint density at radius 2 is 2.21 bits per heavy atom. The molecule has 0 atom stereocenters. The maximum absolute atomic E-state index is 10.9. The summed E-state index contributed by atoms with van der Waals surface area (Å²) in [6, 6.07) is 4.62. The SMILES string of the molecule is CCC(=CCOc1ccc(C)cc1[N+](=O)[O-])C(=O)O. The van der Waals surface area contributed by atoms with Gasteiger partial charge in [-0.15, -0.1) is 0 Å². The molecule has 0 aliphatic rings. The number of benzene rings is 1. The molecular formula is C13H15NO5. The Balaban J connectivity index is 2.84. The van der Waals surface area contributed by atoms with Gasteiger partial charge in [-0.2, -0.15) is 0 Å². The van der Waals surface area contributed by atoms with E-state index in [9.17, 15) is 14.9 Å². The third-order valence-electron chi connectivity index (χ3n) is 2.54. The monoisotopic (exact) mass is 265 g/mol. The fourth-order valence-electron chi connectivity index (χ4n) is 1.51. The standard InChI is InChI=1S/C13H15NO5/c1-3-10(13(15)16)6-7-19-12-5-4-9(2)8-11(12)14(17)18/h4-6,8H,3,7H2,1-2H3,(H,15,16). The highest BCUT2D eigenvalue weighted by Crippen LogP contribution is 2.27. The lowest BCUT2D eigenvalue weighted by Crippen LogP contribution is -2.04. The lowest BCUT2D eigenvalue weighted by atomic mass is 10.2.